The van der Waals surface area contributed by atoms with E-state index in [1.165, 1.54) is 25.1 Å². The number of aromatic nitrogens is 4. The Bertz CT molecular complexity index is 1160. The normalized spacial score (nSPS) is 25.2. The van der Waals surface area contributed by atoms with Crippen LogP contribution in [-0.2, 0) is 12.7 Å². The quantitative estimate of drug-likeness (QED) is 0.641. The molecule has 0 unspecified atom stereocenters. The molecule has 8 nitrogen and oxygen atoms in total. The van der Waals surface area contributed by atoms with Crippen molar-refractivity contribution < 1.29 is 18.0 Å². The van der Waals surface area contributed by atoms with E-state index < -0.39 is 11.9 Å². The highest BCUT2D eigenvalue weighted by Crippen LogP contribution is 2.54. The maximum atomic E-state index is 13.0. The first-order valence-electron chi connectivity index (χ1n) is 12.9. The van der Waals surface area contributed by atoms with Crippen LogP contribution in [0.15, 0.2) is 24.7 Å². The number of rotatable bonds is 4. The summed E-state index contributed by atoms with van der Waals surface area (Å²) >= 11 is 0. The third-order valence-corrected chi connectivity index (χ3v) is 8.86. The van der Waals surface area contributed by atoms with Gasteiger partial charge in [0.1, 0.15) is 12.0 Å². The summed E-state index contributed by atoms with van der Waals surface area (Å²) in [6, 6.07) is 3.12. The van der Waals surface area contributed by atoms with E-state index in [4.69, 9.17) is 0 Å². The molecule has 0 radical (unpaired) electrons. The molecule has 3 saturated heterocycles. The standard InChI is InChI=1S/C25H30F3N7O/c26-25(27,28)20-4-1-17(9-29-20)10-32-6-5-23(11-32)12-33(13-23)22(36)34-14-24(15-34)7-19(8-24)35-16-30-21(31-35)18-2-3-18/h1,4,9,16,18-19H,2-3,5-8,10-15H2. The number of nitrogens with zero attached hydrogens (tertiary/aromatic N) is 7. The Kier molecular flexibility index (Phi) is 4.79. The summed E-state index contributed by atoms with van der Waals surface area (Å²) in [4.78, 5) is 27.3. The minimum absolute atomic E-state index is 0.117. The minimum Gasteiger partial charge on any atom is -0.323 e. The van der Waals surface area contributed by atoms with E-state index in [1.807, 2.05) is 20.8 Å². The molecule has 2 saturated carbocycles. The van der Waals surface area contributed by atoms with Crippen molar-refractivity contribution in [1.29, 1.82) is 0 Å². The van der Waals surface area contributed by atoms with Crippen LogP contribution in [0.25, 0.3) is 0 Å². The fourth-order valence-electron chi connectivity index (χ4n) is 6.74. The van der Waals surface area contributed by atoms with Crippen molar-refractivity contribution in [1.82, 2.24) is 34.4 Å². The second kappa shape index (κ2) is 7.66. The molecule has 2 amide bonds. The van der Waals surface area contributed by atoms with Crippen LogP contribution in [0.2, 0.25) is 0 Å². The number of carbonyl (C=O) groups excluding carboxylic acids is 1. The number of hydrogen-bond donors (Lipinski definition) is 0. The number of likely N-dealkylation sites (tertiary alicyclic amines) is 3. The van der Waals surface area contributed by atoms with Crippen molar-refractivity contribution in [2.75, 3.05) is 39.3 Å². The first-order valence-corrected chi connectivity index (χ1v) is 12.9. The highest BCUT2D eigenvalue weighted by molar-refractivity contribution is 5.77. The van der Waals surface area contributed by atoms with Gasteiger partial charge in [0.15, 0.2) is 5.82 Å². The lowest BCUT2D eigenvalue weighted by Crippen LogP contribution is -2.69. The molecule has 3 aliphatic heterocycles. The van der Waals surface area contributed by atoms with Crippen LogP contribution in [-0.4, -0.2) is 79.7 Å². The number of carbonyl (C=O) groups is 1. The molecule has 36 heavy (non-hydrogen) atoms. The molecule has 2 aromatic rings. The molecule has 5 heterocycles. The van der Waals surface area contributed by atoms with E-state index in [2.05, 4.69) is 20.0 Å². The molecule has 5 fully saturated rings. The van der Waals surface area contributed by atoms with Gasteiger partial charge < -0.3 is 9.80 Å². The van der Waals surface area contributed by atoms with E-state index in [9.17, 15) is 18.0 Å². The van der Waals surface area contributed by atoms with Gasteiger partial charge >= 0.3 is 12.2 Å². The number of hydrogen-bond acceptors (Lipinski definition) is 5. The second-order valence-corrected chi connectivity index (χ2v) is 11.9. The largest absolute Gasteiger partial charge is 0.433 e. The molecule has 2 aliphatic carbocycles. The van der Waals surface area contributed by atoms with Crippen LogP contribution < -0.4 is 0 Å². The van der Waals surface area contributed by atoms with Gasteiger partial charge in [-0.15, -0.1) is 0 Å². The Morgan fingerprint density at radius 1 is 1.00 bits per heavy atom. The number of amides is 2. The lowest BCUT2D eigenvalue weighted by Gasteiger charge is -2.60. The van der Waals surface area contributed by atoms with Gasteiger partial charge in [0.25, 0.3) is 0 Å². The zero-order chi connectivity index (χ0) is 24.7. The number of halogens is 3. The first-order chi connectivity index (χ1) is 17.2. The monoisotopic (exact) mass is 501 g/mol. The Morgan fingerprint density at radius 2 is 1.72 bits per heavy atom. The smallest absolute Gasteiger partial charge is 0.323 e. The Labute approximate surface area is 207 Å². The molecule has 0 bridgehead atoms. The number of urea groups is 1. The SMILES string of the molecule is O=C(N1CC2(CC(n3cnc(C4CC4)n3)C2)C1)N1CC2(CCN(Cc3ccc(C(F)(F)F)nc3)C2)C1. The van der Waals surface area contributed by atoms with Crippen molar-refractivity contribution >= 4 is 6.03 Å². The van der Waals surface area contributed by atoms with Gasteiger partial charge in [0, 0.05) is 62.2 Å². The first kappa shape index (κ1) is 22.5. The van der Waals surface area contributed by atoms with Crippen molar-refractivity contribution in [3.63, 3.8) is 0 Å². The van der Waals surface area contributed by atoms with E-state index in [0.29, 0.717) is 18.5 Å². The molecular formula is C25H30F3N7O. The van der Waals surface area contributed by atoms with Gasteiger partial charge in [0.2, 0.25) is 0 Å². The molecule has 0 N–H and O–H groups in total. The molecule has 7 rings (SSSR count). The van der Waals surface area contributed by atoms with Crippen molar-refractivity contribution in [3.05, 3.63) is 41.7 Å². The molecule has 0 atom stereocenters. The van der Waals surface area contributed by atoms with Crippen LogP contribution in [0.5, 0.6) is 0 Å². The third kappa shape index (κ3) is 3.86. The molecule has 5 aliphatic rings. The van der Waals surface area contributed by atoms with E-state index in [-0.39, 0.29) is 16.9 Å². The molecule has 192 valence electrons. The van der Waals surface area contributed by atoms with Crippen LogP contribution in [0.3, 0.4) is 0 Å². The van der Waals surface area contributed by atoms with Gasteiger partial charge in [-0.1, -0.05) is 6.07 Å². The fraction of sp³-hybridized carbons (Fsp3) is 0.680. The number of pyridine rings is 1. The van der Waals surface area contributed by atoms with Crippen LogP contribution in [0, 0.1) is 10.8 Å². The highest BCUT2D eigenvalue weighted by atomic mass is 19.4. The predicted octanol–water partition coefficient (Wildman–Crippen LogP) is 3.53. The molecule has 2 spiro atoms. The summed E-state index contributed by atoms with van der Waals surface area (Å²) in [6.45, 7) is 5.55. The van der Waals surface area contributed by atoms with Gasteiger partial charge in [-0.2, -0.15) is 18.3 Å². The van der Waals surface area contributed by atoms with Crippen LogP contribution >= 0.6 is 0 Å². The predicted molar refractivity (Wildman–Crippen MR) is 123 cm³/mol. The molecular weight excluding hydrogens is 471 g/mol. The molecule has 0 aromatic carbocycles. The average Bonchev–Trinajstić information content (AvgIpc) is 3.34. The summed E-state index contributed by atoms with van der Waals surface area (Å²) in [7, 11) is 0. The second-order valence-electron chi connectivity index (χ2n) is 11.9. The summed E-state index contributed by atoms with van der Waals surface area (Å²) in [6.07, 6.45) is 4.37. The topological polar surface area (TPSA) is 70.4 Å². The van der Waals surface area contributed by atoms with E-state index in [1.54, 1.807) is 0 Å². The Balaban J connectivity index is 0.860. The van der Waals surface area contributed by atoms with Gasteiger partial charge in [-0.25, -0.2) is 14.5 Å². The zero-order valence-electron chi connectivity index (χ0n) is 20.1. The third-order valence-electron chi connectivity index (χ3n) is 8.86. The fourth-order valence-corrected chi connectivity index (χ4v) is 6.74. The molecule has 11 heteroatoms. The average molecular weight is 502 g/mol. The van der Waals surface area contributed by atoms with Gasteiger partial charge in [-0.05, 0) is 50.3 Å². The lowest BCUT2D eigenvalue weighted by atomic mass is 9.60. The Hall–Kier alpha value is -2.69. The maximum Gasteiger partial charge on any atom is 0.433 e. The summed E-state index contributed by atoms with van der Waals surface area (Å²) in [5.74, 6) is 1.57. The zero-order valence-corrected chi connectivity index (χ0v) is 20.1. The van der Waals surface area contributed by atoms with Crippen molar-refractivity contribution in [2.24, 2.45) is 10.8 Å². The van der Waals surface area contributed by atoms with Gasteiger partial charge in [0.05, 0.1) is 6.04 Å². The van der Waals surface area contributed by atoms with Gasteiger partial charge in [-0.3, -0.25) is 9.88 Å². The summed E-state index contributed by atoms with van der Waals surface area (Å²) in [5, 5.41) is 4.67. The van der Waals surface area contributed by atoms with Crippen molar-refractivity contribution in [3.8, 4) is 0 Å². The number of alkyl halides is 3. The molecule has 2 aromatic heterocycles. The van der Waals surface area contributed by atoms with Crippen molar-refractivity contribution in [2.45, 2.75) is 56.8 Å². The van der Waals surface area contributed by atoms with Crippen LogP contribution in [0.1, 0.15) is 61.1 Å². The summed E-state index contributed by atoms with van der Waals surface area (Å²) < 4.78 is 40.2. The van der Waals surface area contributed by atoms with E-state index in [0.717, 1.165) is 76.0 Å². The Morgan fingerprint density at radius 3 is 2.36 bits per heavy atom. The lowest BCUT2D eigenvalue weighted by molar-refractivity contribution is -0.141. The minimum atomic E-state index is -4.41. The van der Waals surface area contributed by atoms with Crippen LogP contribution in [0.4, 0.5) is 18.0 Å². The maximum absolute atomic E-state index is 13.0. The summed E-state index contributed by atoms with van der Waals surface area (Å²) in [5.41, 5.74) is 0.301. The highest BCUT2D eigenvalue weighted by Gasteiger charge is 2.57. The van der Waals surface area contributed by atoms with E-state index >= 15 is 0 Å².